The number of hydrogen-bond acceptors (Lipinski definition) is 4. The van der Waals surface area contributed by atoms with Crippen molar-refractivity contribution in [3.63, 3.8) is 0 Å². The molecule has 5 nitrogen and oxygen atoms in total. The molecule has 0 spiro atoms. The van der Waals surface area contributed by atoms with E-state index in [-0.39, 0.29) is 17.7 Å². The van der Waals surface area contributed by atoms with E-state index in [4.69, 9.17) is 11.1 Å². The quantitative estimate of drug-likeness (QED) is 0.445. The zero-order valence-corrected chi connectivity index (χ0v) is 12.0. The Morgan fingerprint density at radius 1 is 1.40 bits per heavy atom. The minimum atomic E-state index is -0.327. The van der Waals surface area contributed by atoms with Gasteiger partial charge in [0.1, 0.15) is 0 Å². The number of amides is 1. The van der Waals surface area contributed by atoms with E-state index in [1.165, 1.54) is 0 Å². The summed E-state index contributed by atoms with van der Waals surface area (Å²) in [5.74, 6) is 4.69. The normalized spacial score (nSPS) is 13.6. The lowest BCUT2D eigenvalue weighted by atomic mass is 9.97. The molecule has 1 rings (SSSR count). The first-order valence-corrected chi connectivity index (χ1v) is 6.79. The molecule has 108 valence electrons. The molecule has 0 aliphatic heterocycles. The third kappa shape index (κ3) is 4.65. The van der Waals surface area contributed by atoms with Gasteiger partial charge >= 0.3 is 0 Å². The molecule has 3 N–H and O–H groups in total. The molecule has 1 aromatic rings. The van der Waals surface area contributed by atoms with E-state index in [2.05, 4.69) is 16.4 Å². The summed E-state index contributed by atoms with van der Waals surface area (Å²) < 4.78 is 0. The molecule has 0 radical (unpaired) electrons. The first kappa shape index (κ1) is 16.2. The number of likely N-dealkylation sites (N-methyl/N-ethyl adjacent to an activating group) is 1. The van der Waals surface area contributed by atoms with Gasteiger partial charge in [-0.05, 0) is 19.0 Å². The van der Waals surface area contributed by atoms with Crippen LogP contribution in [0.1, 0.15) is 25.3 Å². The lowest BCUT2D eigenvalue weighted by Crippen LogP contribution is -2.41. The second-order valence-electron chi connectivity index (χ2n) is 4.85. The van der Waals surface area contributed by atoms with Crippen LogP contribution in [0.15, 0.2) is 30.3 Å². The number of nitrogens with two attached hydrogens (primary N) is 1. The summed E-state index contributed by atoms with van der Waals surface area (Å²) in [6, 6.07) is 11.8. The van der Waals surface area contributed by atoms with E-state index in [0.29, 0.717) is 13.1 Å². The van der Waals surface area contributed by atoms with Crippen LogP contribution in [0.4, 0.5) is 0 Å². The molecule has 2 unspecified atom stereocenters. The fourth-order valence-corrected chi connectivity index (χ4v) is 2.14. The summed E-state index contributed by atoms with van der Waals surface area (Å²) in [6.45, 7) is 5.88. The molecule has 1 aromatic carbocycles. The highest BCUT2D eigenvalue weighted by Gasteiger charge is 2.23. The van der Waals surface area contributed by atoms with Crippen molar-refractivity contribution in [3.8, 4) is 6.07 Å². The predicted octanol–water partition coefficient (Wildman–Crippen LogP) is 1.24. The smallest absolute Gasteiger partial charge is 0.242 e. The van der Waals surface area contributed by atoms with Crippen LogP contribution < -0.4 is 11.3 Å². The molecule has 0 saturated heterocycles. The maximum Gasteiger partial charge on any atom is 0.242 e. The topological polar surface area (TPSA) is 82.2 Å². The number of hydrogen-bond donors (Lipinski definition) is 2. The SMILES string of the molecule is CCN(CC(C)C#N)CC(C(=O)NN)c1ccccc1. The van der Waals surface area contributed by atoms with Gasteiger partial charge in [0.2, 0.25) is 5.91 Å². The minimum absolute atomic E-state index is 0.0627. The molecular weight excluding hydrogens is 252 g/mol. The number of nitrogens with zero attached hydrogens (tertiary/aromatic N) is 2. The fraction of sp³-hybridized carbons (Fsp3) is 0.467. The van der Waals surface area contributed by atoms with Gasteiger partial charge in [0.05, 0.1) is 17.9 Å². The average Bonchev–Trinajstić information content (AvgIpc) is 2.51. The molecule has 0 bridgehead atoms. The van der Waals surface area contributed by atoms with Gasteiger partial charge < -0.3 is 4.90 Å². The van der Waals surface area contributed by atoms with Crippen LogP contribution in [0.25, 0.3) is 0 Å². The van der Waals surface area contributed by atoms with E-state index in [0.717, 1.165) is 12.1 Å². The highest BCUT2D eigenvalue weighted by molar-refractivity contribution is 5.83. The molecule has 0 saturated carbocycles. The van der Waals surface area contributed by atoms with Gasteiger partial charge in [-0.15, -0.1) is 0 Å². The van der Waals surface area contributed by atoms with Crippen molar-refractivity contribution >= 4 is 5.91 Å². The van der Waals surface area contributed by atoms with E-state index in [1.807, 2.05) is 44.2 Å². The van der Waals surface area contributed by atoms with Crippen LogP contribution in [-0.4, -0.2) is 30.4 Å². The van der Waals surface area contributed by atoms with Crippen molar-refractivity contribution in [2.24, 2.45) is 11.8 Å². The summed E-state index contributed by atoms with van der Waals surface area (Å²) in [7, 11) is 0. The Bertz CT molecular complexity index is 455. The number of nitrogens with one attached hydrogen (secondary N) is 1. The molecule has 0 aromatic heterocycles. The fourth-order valence-electron chi connectivity index (χ4n) is 2.14. The van der Waals surface area contributed by atoms with Crippen molar-refractivity contribution in [1.29, 1.82) is 5.26 Å². The Kier molecular flexibility index (Phi) is 6.71. The Balaban J connectivity index is 2.84. The summed E-state index contributed by atoms with van der Waals surface area (Å²) in [5.41, 5.74) is 3.16. The number of hydrazine groups is 1. The van der Waals surface area contributed by atoms with E-state index in [1.54, 1.807) is 0 Å². The predicted molar refractivity (Wildman–Crippen MR) is 78.4 cm³/mol. The lowest BCUT2D eigenvalue weighted by Gasteiger charge is -2.26. The zero-order chi connectivity index (χ0) is 15.0. The largest absolute Gasteiger partial charge is 0.301 e. The Morgan fingerprint density at radius 3 is 2.55 bits per heavy atom. The second kappa shape index (κ2) is 8.31. The number of benzene rings is 1. The van der Waals surface area contributed by atoms with Gasteiger partial charge in [-0.2, -0.15) is 5.26 Å². The zero-order valence-electron chi connectivity index (χ0n) is 12.0. The molecule has 0 aliphatic carbocycles. The Hall–Kier alpha value is -1.90. The van der Waals surface area contributed by atoms with Gasteiger partial charge in [0.25, 0.3) is 0 Å². The number of rotatable bonds is 7. The van der Waals surface area contributed by atoms with Crippen molar-refractivity contribution in [3.05, 3.63) is 35.9 Å². The summed E-state index contributed by atoms with van der Waals surface area (Å²) in [6.07, 6.45) is 0. The third-order valence-electron chi connectivity index (χ3n) is 3.30. The van der Waals surface area contributed by atoms with Crippen LogP contribution in [0.2, 0.25) is 0 Å². The number of carbonyl (C=O) groups is 1. The monoisotopic (exact) mass is 274 g/mol. The van der Waals surface area contributed by atoms with Crippen molar-refractivity contribution < 1.29 is 4.79 Å². The van der Waals surface area contributed by atoms with Crippen molar-refractivity contribution in [1.82, 2.24) is 10.3 Å². The van der Waals surface area contributed by atoms with E-state index in [9.17, 15) is 4.79 Å². The summed E-state index contributed by atoms with van der Waals surface area (Å²) in [4.78, 5) is 14.1. The van der Waals surface area contributed by atoms with Gasteiger partial charge in [0.15, 0.2) is 0 Å². The first-order chi connectivity index (χ1) is 9.62. The molecule has 5 heteroatoms. The molecule has 0 aliphatic rings. The maximum atomic E-state index is 12.0. The van der Waals surface area contributed by atoms with Crippen LogP contribution >= 0.6 is 0 Å². The van der Waals surface area contributed by atoms with Gasteiger partial charge in [-0.25, -0.2) is 5.84 Å². The third-order valence-corrected chi connectivity index (χ3v) is 3.30. The van der Waals surface area contributed by atoms with Crippen LogP contribution in [0.3, 0.4) is 0 Å². The molecule has 1 amide bonds. The maximum absolute atomic E-state index is 12.0. The second-order valence-corrected chi connectivity index (χ2v) is 4.85. The van der Waals surface area contributed by atoms with Gasteiger partial charge in [-0.1, -0.05) is 37.3 Å². The molecule has 20 heavy (non-hydrogen) atoms. The summed E-state index contributed by atoms with van der Waals surface area (Å²) in [5, 5.41) is 8.91. The van der Waals surface area contributed by atoms with Crippen LogP contribution in [-0.2, 0) is 4.79 Å². The lowest BCUT2D eigenvalue weighted by molar-refractivity contribution is -0.123. The standard InChI is InChI=1S/C15H22N4O/c1-3-19(10-12(2)9-16)11-14(15(20)18-17)13-7-5-4-6-8-13/h4-8,12,14H,3,10-11,17H2,1-2H3,(H,18,20). The highest BCUT2D eigenvalue weighted by Crippen LogP contribution is 2.17. The number of nitriles is 1. The number of carbonyl (C=O) groups excluding carboxylic acids is 1. The Labute approximate surface area is 120 Å². The summed E-state index contributed by atoms with van der Waals surface area (Å²) >= 11 is 0. The van der Waals surface area contributed by atoms with E-state index >= 15 is 0 Å². The van der Waals surface area contributed by atoms with Crippen LogP contribution in [0, 0.1) is 17.2 Å². The highest BCUT2D eigenvalue weighted by atomic mass is 16.2. The minimum Gasteiger partial charge on any atom is -0.301 e. The average molecular weight is 274 g/mol. The molecular formula is C15H22N4O. The van der Waals surface area contributed by atoms with E-state index < -0.39 is 0 Å². The van der Waals surface area contributed by atoms with Gasteiger partial charge in [0, 0.05) is 13.1 Å². The first-order valence-electron chi connectivity index (χ1n) is 6.79. The van der Waals surface area contributed by atoms with Crippen LogP contribution in [0.5, 0.6) is 0 Å². The van der Waals surface area contributed by atoms with Gasteiger partial charge in [-0.3, -0.25) is 10.2 Å². The Morgan fingerprint density at radius 2 is 2.05 bits per heavy atom. The molecule has 0 fully saturated rings. The molecule has 2 atom stereocenters. The van der Waals surface area contributed by atoms with Crippen molar-refractivity contribution in [2.75, 3.05) is 19.6 Å². The molecule has 0 heterocycles. The van der Waals surface area contributed by atoms with Crippen molar-refractivity contribution in [2.45, 2.75) is 19.8 Å².